The molecule has 0 aromatic heterocycles. The van der Waals surface area contributed by atoms with Crippen molar-refractivity contribution < 1.29 is 19.5 Å². The number of hydrazone groups is 2. The van der Waals surface area contributed by atoms with Crippen molar-refractivity contribution in [3.05, 3.63) is 29.8 Å². The van der Waals surface area contributed by atoms with E-state index < -0.39 is 30.5 Å². The molecule has 2 amide bonds. The van der Waals surface area contributed by atoms with E-state index in [2.05, 4.69) is 41.2 Å². The highest BCUT2D eigenvalue weighted by Gasteiger charge is 2.38. The van der Waals surface area contributed by atoms with E-state index in [0.29, 0.717) is 17.1 Å². The van der Waals surface area contributed by atoms with E-state index in [1.165, 1.54) is 5.01 Å². The molecule has 0 bridgehead atoms. The first-order valence-electron chi connectivity index (χ1n) is 9.47. The molecule has 0 saturated carbocycles. The van der Waals surface area contributed by atoms with E-state index in [1.54, 1.807) is 13.8 Å². The number of rotatable bonds is 5. The van der Waals surface area contributed by atoms with Crippen molar-refractivity contribution in [2.75, 3.05) is 11.6 Å². The monoisotopic (exact) mass is 412 g/mol. The van der Waals surface area contributed by atoms with Gasteiger partial charge in [0.2, 0.25) is 0 Å². The van der Waals surface area contributed by atoms with Gasteiger partial charge in [-0.1, -0.05) is 32.9 Å². The molecule has 158 valence electrons. The van der Waals surface area contributed by atoms with E-state index in [4.69, 9.17) is 5.11 Å². The number of carbonyl (C=O) groups excluding carboxylic acids is 2. The van der Waals surface area contributed by atoms with Crippen molar-refractivity contribution in [2.24, 2.45) is 20.4 Å². The average Bonchev–Trinajstić information content (AvgIpc) is 3.08. The second kappa shape index (κ2) is 7.77. The van der Waals surface area contributed by atoms with Crippen LogP contribution in [0.5, 0.6) is 0 Å². The van der Waals surface area contributed by atoms with Gasteiger partial charge in [-0.25, -0.2) is 5.01 Å². The molecule has 0 spiro atoms. The fourth-order valence-electron chi connectivity index (χ4n) is 3.10. The minimum Gasteiger partial charge on any atom is -0.480 e. The second-order valence-corrected chi connectivity index (χ2v) is 8.26. The number of anilines is 1. The van der Waals surface area contributed by atoms with Gasteiger partial charge in [-0.15, -0.1) is 0 Å². The van der Waals surface area contributed by atoms with Crippen LogP contribution in [0.1, 0.15) is 40.2 Å². The maximum atomic E-state index is 12.8. The minimum absolute atomic E-state index is 0.00869. The fraction of sp³-hybridized carbons (Fsp3) is 0.450. The number of amides is 2. The first kappa shape index (κ1) is 21.3. The summed E-state index contributed by atoms with van der Waals surface area (Å²) in [6.07, 6.45) is 0. The van der Waals surface area contributed by atoms with Gasteiger partial charge in [0, 0.05) is 0 Å². The van der Waals surface area contributed by atoms with Crippen LogP contribution in [-0.2, 0) is 19.8 Å². The summed E-state index contributed by atoms with van der Waals surface area (Å²) in [4.78, 5) is 35.9. The first-order chi connectivity index (χ1) is 14.0. The predicted octanol–water partition coefficient (Wildman–Crippen LogP) is 2.20. The lowest BCUT2D eigenvalue weighted by molar-refractivity contribution is -0.143. The highest BCUT2D eigenvalue weighted by molar-refractivity contribution is 6.18. The van der Waals surface area contributed by atoms with Crippen molar-refractivity contribution in [3.63, 3.8) is 0 Å². The maximum absolute atomic E-state index is 12.8. The summed E-state index contributed by atoms with van der Waals surface area (Å²) in [5.74, 6) is -2.14. The van der Waals surface area contributed by atoms with E-state index in [0.717, 1.165) is 10.6 Å². The quantitative estimate of drug-likeness (QED) is 0.744. The van der Waals surface area contributed by atoms with Crippen LogP contribution in [0, 0.1) is 0 Å². The lowest BCUT2D eigenvalue weighted by Crippen LogP contribution is -2.34. The molecule has 0 saturated heterocycles. The van der Waals surface area contributed by atoms with Gasteiger partial charge in [-0.2, -0.15) is 25.4 Å². The van der Waals surface area contributed by atoms with Gasteiger partial charge in [0.25, 0.3) is 11.8 Å². The van der Waals surface area contributed by atoms with Crippen molar-refractivity contribution in [1.29, 1.82) is 0 Å². The number of aliphatic carboxylic acids is 1. The zero-order valence-electron chi connectivity index (χ0n) is 17.5. The Morgan fingerprint density at radius 3 is 2.07 bits per heavy atom. The van der Waals surface area contributed by atoms with Crippen molar-refractivity contribution in [2.45, 2.75) is 52.1 Å². The number of hydrogen-bond acceptors (Lipinski definition) is 7. The van der Waals surface area contributed by atoms with Crippen molar-refractivity contribution in [3.8, 4) is 0 Å². The smallest absolute Gasteiger partial charge is 0.325 e. The van der Waals surface area contributed by atoms with Crippen LogP contribution >= 0.6 is 0 Å². The number of carbonyl (C=O) groups is 3. The lowest BCUT2D eigenvalue weighted by Gasteiger charge is -2.20. The molecule has 1 aromatic rings. The third kappa shape index (κ3) is 4.12. The van der Waals surface area contributed by atoms with Crippen LogP contribution in [0.3, 0.4) is 0 Å². The predicted molar refractivity (Wildman–Crippen MR) is 111 cm³/mol. The number of hydrogen-bond donors (Lipinski definition) is 1. The molecule has 2 aliphatic rings. The second-order valence-electron chi connectivity index (χ2n) is 8.26. The normalized spacial score (nSPS) is 22.2. The van der Waals surface area contributed by atoms with E-state index >= 15 is 0 Å². The zero-order valence-corrected chi connectivity index (χ0v) is 17.5. The topological polar surface area (TPSA) is 127 Å². The standard InChI is InChI=1S/C20H24N6O4/c1-11-16(18(29)25(23-11)10-15(27)28)21-22-17-12(2)24-26(19(17)30)14-8-6-13(7-9-14)20(3,4)5/h6-9,16-17H,10H2,1-5H3,(H,27,28)/b22-21+. The molecule has 2 heterocycles. The molecule has 1 N–H and O–H groups in total. The molecule has 0 fully saturated rings. The summed E-state index contributed by atoms with van der Waals surface area (Å²) in [6, 6.07) is 5.59. The SMILES string of the molecule is CC1=NN(CC(=O)O)C(=O)C1/N=N/C1C(=O)N(c2ccc(C(C)(C)C)cc2)N=C1C. The summed E-state index contributed by atoms with van der Waals surface area (Å²) < 4.78 is 0. The van der Waals surface area contributed by atoms with Crippen LogP contribution < -0.4 is 5.01 Å². The van der Waals surface area contributed by atoms with Crippen LogP contribution in [0.25, 0.3) is 0 Å². The first-order valence-corrected chi connectivity index (χ1v) is 9.47. The summed E-state index contributed by atoms with van der Waals surface area (Å²) in [7, 11) is 0. The van der Waals surface area contributed by atoms with Gasteiger partial charge in [0.15, 0.2) is 12.1 Å². The Morgan fingerprint density at radius 1 is 1.00 bits per heavy atom. The van der Waals surface area contributed by atoms with Gasteiger partial charge in [-0.05, 0) is 37.0 Å². The number of nitrogens with zero attached hydrogens (tertiary/aromatic N) is 6. The Bertz CT molecular complexity index is 974. The van der Waals surface area contributed by atoms with Crippen LogP contribution in [0.15, 0.2) is 44.7 Å². The van der Waals surface area contributed by atoms with Gasteiger partial charge in [-0.3, -0.25) is 14.4 Å². The van der Waals surface area contributed by atoms with E-state index in [1.807, 2.05) is 24.3 Å². The van der Waals surface area contributed by atoms with Crippen molar-refractivity contribution in [1.82, 2.24) is 5.01 Å². The number of carboxylic acid groups (broad SMARTS) is 1. The lowest BCUT2D eigenvalue weighted by atomic mass is 9.87. The summed E-state index contributed by atoms with van der Waals surface area (Å²) in [5, 5.41) is 27.2. The molecule has 1 aromatic carbocycles. The van der Waals surface area contributed by atoms with Gasteiger partial charge < -0.3 is 5.11 Å². The molecule has 2 atom stereocenters. The molecule has 2 unspecified atom stereocenters. The van der Waals surface area contributed by atoms with Gasteiger partial charge in [0.1, 0.15) is 6.54 Å². The van der Waals surface area contributed by atoms with E-state index in [-0.39, 0.29) is 11.3 Å². The third-order valence-corrected chi connectivity index (χ3v) is 4.82. The minimum atomic E-state index is -1.18. The average molecular weight is 412 g/mol. The Hall–Kier alpha value is -3.43. The fourth-order valence-corrected chi connectivity index (χ4v) is 3.10. The highest BCUT2D eigenvalue weighted by atomic mass is 16.4. The molecule has 30 heavy (non-hydrogen) atoms. The Labute approximate surface area is 174 Å². The molecular formula is C20H24N6O4. The molecule has 0 aliphatic carbocycles. The number of carboxylic acids is 1. The van der Waals surface area contributed by atoms with Crippen LogP contribution in [0.4, 0.5) is 5.69 Å². The van der Waals surface area contributed by atoms with Gasteiger partial charge >= 0.3 is 5.97 Å². The summed E-state index contributed by atoms with van der Waals surface area (Å²) >= 11 is 0. The summed E-state index contributed by atoms with van der Waals surface area (Å²) in [6.45, 7) is 8.99. The van der Waals surface area contributed by atoms with Crippen molar-refractivity contribution >= 4 is 34.9 Å². The molecule has 10 heteroatoms. The van der Waals surface area contributed by atoms with Crippen LogP contribution in [0.2, 0.25) is 0 Å². The summed E-state index contributed by atoms with van der Waals surface area (Å²) in [5.41, 5.74) is 2.51. The molecule has 3 rings (SSSR count). The molecule has 0 radical (unpaired) electrons. The zero-order chi connectivity index (χ0) is 22.2. The van der Waals surface area contributed by atoms with Gasteiger partial charge in [0.05, 0.1) is 17.1 Å². The Balaban J connectivity index is 1.74. The number of benzene rings is 1. The largest absolute Gasteiger partial charge is 0.480 e. The Morgan fingerprint density at radius 2 is 1.53 bits per heavy atom. The molecular weight excluding hydrogens is 388 g/mol. The number of azo groups is 1. The molecule has 2 aliphatic heterocycles. The Kier molecular flexibility index (Phi) is 5.51. The van der Waals surface area contributed by atoms with E-state index in [9.17, 15) is 14.4 Å². The third-order valence-electron chi connectivity index (χ3n) is 4.82. The molecule has 10 nitrogen and oxygen atoms in total. The maximum Gasteiger partial charge on any atom is 0.325 e. The van der Waals surface area contributed by atoms with Crippen LogP contribution in [-0.4, -0.2) is 58.0 Å². The highest BCUT2D eigenvalue weighted by Crippen LogP contribution is 2.27.